The maximum absolute atomic E-state index is 11.1. The molecule has 0 N–H and O–H groups in total. The van der Waals surface area contributed by atoms with Crippen molar-refractivity contribution in [3.8, 4) is 0 Å². The van der Waals surface area contributed by atoms with Crippen LogP contribution in [0.25, 0.3) is 0 Å². The minimum Gasteiger partial charge on any atom is -0.544 e. The van der Waals surface area contributed by atoms with E-state index in [2.05, 4.69) is 18.8 Å². The lowest BCUT2D eigenvalue weighted by molar-refractivity contribution is -0.831. The summed E-state index contributed by atoms with van der Waals surface area (Å²) in [5.41, 5.74) is 0. The van der Waals surface area contributed by atoms with E-state index in [0.717, 1.165) is 44.7 Å². The van der Waals surface area contributed by atoms with E-state index in [0.29, 0.717) is 4.48 Å². The van der Waals surface area contributed by atoms with Gasteiger partial charge in [0.1, 0.15) is 13.1 Å². The molecule has 1 unspecified atom stereocenters. The number of aliphatic carboxylic acids is 1. The van der Waals surface area contributed by atoms with Crippen molar-refractivity contribution in [2.45, 2.75) is 78.1 Å². The molecule has 4 heteroatoms. The molecule has 0 aromatic carbocycles. The standard InChI is InChI=1S/C18H34N2O2/c1-3-5-6-7-8-9-10-11-12-17-19-13-15-20(17,14-4-2)16-18(21)22/h3-16H2,1-2H3. The maximum atomic E-state index is 11.1. The average Bonchev–Trinajstić information content (AvgIpc) is 2.84. The number of carbonyl (C=O) groups is 1. The van der Waals surface area contributed by atoms with Crippen LogP contribution in [0, 0.1) is 0 Å². The van der Waals surface area contributed by atoms with E-state index in [1.807, 2.05) is 0 Å². The van der Waals surface area contributed by atoms with Crippen LogP contribution in [0.3, 0.4) is 0 Å². The highest BCUT2D eigenvalue weighted by Crippen LogP contribution is 2.21. The lowest BCUT2D eigenvalue weighted by Gasteiger charge is -2.35. The van der Waals surface area contributed by atoms with Crippen LogP contribution in [0.15, 0.2) is 4.99 Å². The molecule has 0 aliphatic carbocycles. The van der Waals surface area contributed by atoms with E-state index >= 15 is 0 Å². The SMILES string of the molecule is CCCCCCCCCCC1=NCC[N+]1(CCC)CC(=O)[O-]. The Morgan fingerprint density at radius 2 is 1.68 bits per heavy atom. The maximum Gasteiger partial charge on any atom is 0.198 e. The lowest BCUT2D eigenvalue weighted by Crippen LogP contribution is -2.56. The third-order valence-corrected chi connectivity index (χ3v) is 4.71. The largest absolute Gasteiger partial charge is 0.544 e. The highest BCUT2D eigenvalue weighted by molar-refractivity contribution is 5.79. The molecule has 0 saturated carbocycles. The average molecular weight is 310 g/mol. The first kappa shape index (κ1) is 19.1. The predicted molar refractivity (Wildman–Crippen MR) is 89.7 cm³/mol. The van der Waals surface area contributed by atoms with Gasteiger partial charge in [-0.15, -0.1) is 0 Å². The van der Waals surface area contributed by atoms with Gasteiger partial charge in [-0.3, -0.25) is 4.48 Å². The fourth-order valence-corrected chi connectivity index (χ4v) is 3.55. The smallest absolute Gasteiger partial charge is 0.198 e. The zero-order valence-corrected chi connectivity index (χ0v) is 14.6. The van der Waals surface area contributed by atoms with Gasteiger partial charge in [-0.2, -0.15) is 0 Å². The number of hydrogen-bond donors (Lipinski definition) is 0. The fraction of sp³-hybridized carbons (Fsp3) is 0.889. The minimum atomic E-state index is -0.945. The highest BCUT2D eigenvalue weighted by Gasteiger charge is 2.36. The molecular formula is C18H34N2O2. The lowest BCUT2D eigenvalue weighted by atomic mass is 10.1. The van der Waals surface area contributed by atoms with E-state index in [1.54, 1.807) is 0 Å². The molecule has 1 aliphatic heterocycles. The third kappa shape index (κ3) is 6.47. The number of hydrogen-bond acceptors (Lipinski definition) is 3. The zero-order chi connectivity index (χ0) is 16.3. The Hall–Kier alpha value is -0.900. The van der Waals surface area contributed by atoms with E-state index in [4.69, 9.17) is 0 Å². The number of amidine groups is 1. The Labute approximate surface area is 136 Å². The molecule has 0 aromatic rings. The first-order chi connectivity index (χ1) is 10.6. The molecule has 1 atom stereocenters. The van der Waals surface area contributed by atoms with Crippen LogP contribution in [-0.4, -0.2) is 42.5 Å². The molecule has 0 amide bonds. The van der Waals surface area contributed by atoms with Gasteiger partial charge in [-0.25, -0.2) is 4.99 Å². The number of carboxylic acid groups (broad SMARTS) is 1. The molecule has 0 bridgehead atoms. The molecule has 1 heterocycles. The van der Waals surface area contributed by atoms with Gasteiger partial charge in [0.25, 0.3) is 0 Å². The van der Waals surface area contributed by atoms with Crippen molar-refractivity contribution in [3.63, 3.8) is 0 Å². The molecule has 0 radical (unpaired) electrons. The summed E-state index contributed by atoms with van der Waals surface area (Å²) in [6.07, 6.45) is 12.3. The van der Waals surface area contributed by atoms with Crippen molar-refractivity contribution < 1.29 is 14.4 Å². The van der Waals surface area contributed by atoms with Crippen LogP contribution >= 0.6 is 0 Å². The van der Waals surface area contributed by atoms with Gasteiger partial charge < -0.3 is 9.90 Å². The second-order valence-corrected chi connectivity index (χ2v) is 6.65. The van der Waals surface area contributed by atoms with E-state index in [9.17, 15) is 9.90 Å². The molecule has 128 valence electrons. The van der Waals surface area contributed by atoms with Crippen molar-refractivity contribution in [2.24, 2.45) is 4.99 Å². The number of quaternary nitrogens is 1. The second-order valence-electron chi connectivity index (χ2n) is 6.65. The Kier molecular flexibility index (Phi) is 9.37. The number of carboxylic acids is 1. The Morgan fingerprint density at radius 3 is 2.27 bits per heavy atom. The fourth-order valence-electron chi connectivity index (χ4n) is 3.55. The second kappa shape index (κ2) is 10.8. The molecular weight excluding hydrogens is 276 g/mol. The summed E-state index contributed by atoms with van der Waals surface area (Å²) in [4.78, 5) is 15.7. The molecule has 4 nitrogen and oxygen atoms in total. The topological polar surface area (TPSA) is 52.5 Å². The first-order valence-corrected chi connectivity index (χ1v) is 9.24. The Balaban J connectivity index is 2.29. The van der Waals surface area contributed by atoms with Gasteiger partial charge >= 0.3 is 0 Å². The molecule has 1 aliphatic rings. The molecule has 0 spiro atoms. The van der Waals surface area contributed by atoms with Gasteiger partial charge in [0.05, 0.1) is 19.1 Å². The van der Waals surface area contributed by atoms with Crippen molar-refractivity contribution in [2.75, 3.05) is 26.2 Å². The van der Waals surface area contributed by atoms with E-state index in [1.165, 1.54) is 44.9 Å². The van der Waals surface area contributed by atoms with Crippen LogP contribution in [0.2, 0.25) is 0 Å². The highest BCUT2D eigenvalue weighted by atomic mass is 16.4. The molecule has 0 fully saturated rings. The van der Waals surface area contributed by atoms with E-state index in [-0.39, 0.29) is 6.54 Å². The molecule has 1 rings (SSSR count). The van der Waals surface area contributed by atoms with Gasteiger partial charge in [0, 0.05) is 6.42 Å². The Bertz CT molecular complexity index is 355. The van der Waals surface area contributed by atoms with Crippen LogP contribution < -0.4 is 5.11 Å². The van der Waals surface area contributed by atoms with Gasteiger partial charge in [-0.1, -0.05) is 58.8 Å². The third-order valence-electron chi connectivity index (χ3n) is 4.71. The number of nitrogens with zero attached hydrogens (tertiary/aromatic N) is 2. The summed E-state index contributed by atoms with van der Waals surface area (Å²) >= 11 is 0. The first-order valence-electron chi connectivity index (χ1n) is 9.24. The Morgan fingerprint density at radius 1 is 1.05 bits per heavy atom. The van der Waals surface area contributed by atoms with Crippen molar-refractivity contribution >= 4 is 11.8 Å². The number of aliphatic imine (C=N–C) groups is 1. The quantitative estimate of drug-likeness (QED) is 0.388. The summed E-state index contributed by atoms with van der Waals surface area (Å²) in [5.74, 6) is 0.163. The van der Waals surface area contributed by atoms with Gasteiger partial charge in [0.15, 0.2) is 5.84 Å². The van der Waals surface area contributed by atoms with Crippen LogP contribution in [0.5, 0.6) is 0 Å². The summed E-state index contributed by atoms with van der Waals surface area (Å²) < 4.78 is 0.551. The van der Waals surface area contributed by atoms with Crippen LogP contribution in [-0.2, 0) is 4.79 Å². The van der Waals surface area contributed by atoms with Crippen LogP contribution in [0.1, 0.15) is 78.1 Å². The molecule has 22 heavy (non-hydrogen) atoms. The minimum absolute atomic E-state index is 0.101. The summed E-state index contributed by atoms with van der Waals surface area (Å²) in [6, 6.07) is 0. The number of unbranched alkanes of at least 4 members (excludes halogenated alkanes) is 7. The summed E-state index contributed by atoms with van der Waals surface area (Å²) in [7, 11) is 0. The van der Waals surface area contributed by atoms with Gasteiger partial charge in [-0.05, 0) is 12.8 Å². The summed E-state index contributed by atoms with van der Waals surface area (Å²) in [5, 5.41) is 11.1. The monoisotopic (exact) mass is 310 g/mol. The van der Waals surface area contributed by atoms with Crippen LogP contribution in [0.4, 0.5) is 0 Å². The van der Waals surface area contributed by atoms with Crippen molar-refractivity contribution in [1.29, 1.82) is 0 Å². The molecule has 0 saturated heterocycles. The zero-order valence-electron chi connectivity index (χ0n) is 14.6. The number of rotatable bonds is 13. The molecule has 0 aromatic heterocycles. The van der Waals surface area contributed by atoms with E-state index < -0.39 is 5.97 Å². The van der Waals surface area contributed by atoms with Crippen molar-refractivity contribution in [3.05, 3.63) is 0 Å². The van der Waals surface area contributed by atoms with Crippen molar-refractivity contribution in [1.82, 2.24) is 0 Å². The number of carbonyl (C=O) groups excluding carboxylic acids is 1. The normalized spacial score (nSPS) is 21.1. The predicted octanol–water partition coefficient (Wildman–Crippen LogP) is 2.91. The summed E-state index contributed by atoms with van der Waals surface area (Å²) in [6.45, 7) is 6.96. The van der Waals surface area contributed by atoms with Gasteiger partial charge in [0.2, 0.25) is 0 Å².